The summed E-state index contributed by atoms with van der Waals surface area (Å²) in [5.74, 6) is -1.25. The van der Waals surface area contributed by atoms with Crippen molar-refractivity contribution in [3.05, 3.63) is 64.1 Å². The van der Waals surface area contributed by atoms with Crippen LogP contribution in [-0.2, 0) is 0 Å². The van der Waals surface area contributed by atoms with Crippen LogP contribution in [0.2, 0.25) is 10.0 Å². The van der Waals surface area contributed by atoms with E-state index in [1.54, 1.807) is 42.5 Å². The lowest BCUT2D eigenvalue weighted by Gasteiger charge is -2.11. The molecule has 5 heteroatoms. The van der Waals surface area contributed by atoms with Gasteiger partial charge in [-0.05, 0) is 30.3 Å². The summed E-state index contributed by atoms with van der Waals surface area (Å²) < 4.78 is 0. The first-order chi connectivity index (χ1) is 10.1. The number of carboxylic acids is 1. The van der Waals surface area contributed by atoms with Crippen LogP contribution in [0.15, 0.2) is 48.5 Å². The first kappa shape index (κ1) is 13.9. The average molecular weight is 317 g/mol. The maximum Gasteiger partial charge on any atom is 0.0731 e. The number of carboxylic acid groups (broad SMARTS) is 1. The van der Waals surface area contributed by atoms with Crippen molar-refractivity contribution in [2.75, 3.05) is 0 Å². The van der Waals surface area contributed by atoms with E-state index in [9.17, 15) is 9.90 Å². The summed E-state index contributed by atoms with van der Waals surface area (Å²) in [6.07, 6.45) is 0. The molecule has 0 aliphatic carbocycles. The Morgan fingerprint density at radius 1 is 1.05 bits per heavy atom. The maximum absolute atomic E-state index is 11.3. The van der Waals surface area contributed by atoms with Crippen LogP contribution in [-0.4, -0.2) is 11.0 Å². The van der Waals surface area contributed by atoms with Crippen LogP contribution in [0.25, 0.3) is 22.2 Å². The zero-order valence-corrected chi connectivity index (χ0v) is 12.2. The number of fused-ring (bicyclic) bond motifs is 1. The normalized spacial score (nSPS) is 10.8. The van der Waals surface area contributed by atoms with Gasteiger partial charge in [0.2, 0.25) is 0 Å². The van der Waals surface area contributed by atoms with Crippen LogP contribution >= 0.6 is 23.2 Å². The van der Waals surface area contributed by atoms with Crippen LogP contribution in [0, 0.1) is 0 Å². The predicted octanol–water partition coefficient (Wildman–Crippen LogP) is 3.57. The minimum atomic E-state index is -1.25. The lowest BCUT2D eigenvalue weighted by molar-refractivity contribution is -0.254. The molecule has 0 fully saturated rings. The zero-order chi connectivity index (χ0) is 15.0. The lowest BCUT2D eigenvalue weighted by Crippen LogP contribution is -2.22. The largest absolute Gasteiger partial charge is 0.545 e. The number of hydrogen-bond donors (Lipinski definition) is 0. The fraction of sp³-hybridized carbons (Fsp3) is 0. The van der Waals surface area contributed by atoms with E-state index in [1.165, 1.54) is 6.07 Å². The number of halogens is 2. The van der Waals surface area contributed by atoms with E-state index >= 15 is 0 Å². The Hall–Kier alpha value is -2.10. The molecule has 0 amide bonds. The highest BCUT2D eigenvalue weighted by Gasteiger charge is 2.11. The lowest BCUT2D eigenvalue weighted by atomic mass is 10.0. The number of nitrogens with zero attached hydrogens (tertiary/aromatic N) is 1. The second-order valence-corrected chi connectivity index (χ2v) is 5.33. The third-order valence-electron chi connectivity index (χ3n) is 3.14. The van der Waals surface area contributed by atoms with Gasteiger partial charge in [0.05, 0.1) is 22.2 Å². The van der Waals surface area contributed by atoms with Gasteiger partial charge in [0, 0.05) is 21.5 Å². The molecule has 0 bridgehead atoms. The van der Waals surface area contributed by atoms with Crippen molar-refractivity contribution in [2.45, 2.75) is 0 Å². The van der Waals surface area contributed by atoms with Crippen molar-refractivity contribution >= 4 is 40.1 Å². The fourth-order valence-corrected chi connectivity index (χ4v) is 2.68. The molecule has 3 aromatic rings. The molecule has 0 saturated heterocycles. The number of benzene rings is 2. The second kappa shape index (κ2) is 5.35. The van der Waals surface area contributed by atoms with Crippen LogP contribution < -0.4 is 5.11 Å². The molecule has 3 rings (SSSR count). The van der Waals surface area contributed by atoms with Crippen molar-refractivity contribution in [2.24, 2.45) is 0 Å². The highest BCUT2D eigenvalue weighted by molar-refractivity contribution is 6.36. The SMILES string of the molecule is O=C([O-])c1cc(-c2ccc(Cl)cc2Cl)nc2ccccc12. The second-order valence-electron chi connectivity index (χ2n) is 4.48. The number of pyridine rings is 1. The van der Waals surface area contributed by atoms with Gasteiger partial charge in [-0.15, -0.1) is 0 Å². The molecule has 3 nitrogen and oxygen atoms in total. The molecule has 0 aliphatic rings. The summed E-state index contributed by atoms with van der Waals surface area (Å²) in [7, 11) is 0. The van der Waals surface area contributed by atoms with E-state index in [0.29, 0.717) is 32.2 Å². The Morgan fingerprint density at radius 3 is 2.52 bits per heavy atom. The first-order valence-corrected chi connectivity index (χ1v) is 6.88. The van der Waals surface area contributed by atoms with E-state index in [1.807, 2.05) is 0 Å². The molecular formula is C16H8Cl2NO2-. The minimum absolute atomic E-state index is 0.0848. The van der Waals surface area contributed by atoms with Crippen molar-refractivity contribution in [1.29, 1.82) is 0 Å². The van der Waals surface area contributed by atoms with Crippen molar-refractivity contribution < 1.29 is 9.90 Å². The quantitative estimate of drug-likeness (QED) is 0.726. The Balaban J connectivity index is 2.31. The number of hydrogen-bond acceptors (Lipinski definition) is 3. The van der Waals surface area contributed by atoms with Gasteiger partial charge in [0.1, 0.15) is 0 Å². The first-order valence-electron chi connectivity index (χ1n) is 6.13. The molecular weight excluding hydrogens is 309 g/mol. The summed E-state index contributed by atoms with van der Waals surface area (Å²) in [5, 5.41) is 12.8. The van der Waals surface area contributed by atoms with Crippen LogP contribution in [0.3, 0.4) is 0 Å². The van der Waals surface area contributed by atoms with Crippen LogP contribution in [0.4, 0.5) is 0 Å². The molecule has 0 spiro atoms. The smallest absolute Gasteiger partial charge is 0.0731 e. The van der Waals surface area contributed by atoms with E-state index in [-0.39, 0.29) is 5.56 Å². The van der Waals surface area contributed by atoms with E-state index < -0.39 is 5.97 Å². The van der Waals surface area contributed by atoms with Gasteiger partial charge >= 0.3 is 0 Å². The molecule has 21 heavy (non-hydrogen) atoms. The van der Waals surface area contributed by atoms with E-state index in [0.717, 1.165) is 0 Å². The summed E-state index contributed by atoms with van der Waals surface area (Å²) >= 11 is 12.0. The molecule has 0 saturated carbocycles. The number of carbonyl (C=O) groups is 1. The Labute approximate surface area is 130 Å². The Morgan fingerprint density at radius 2 is 1.81 bits per heavy atom. The number of aromatic carboxylic acids is 1. The zero-order valence-electron chi connectivity index (χ0n) is 10.6. The molecule has 1 aromatic heterocycles. The highest BCUT2D eigenvalue weighted by Crippen LogP contribution is 2.31. The van der Waals surface area contributed by atoms with Gasteiger partial charge in [0.25, 0.3) is 0 Å². The summed E-state index contributed by atoms with van der Waals surface area (Å²) in [5.41, 5.74) is 1.74. The summed E-state index contributed by atoms with van der Waals surface area (Å²) in [6.45, 7) is 0. The molecule has 1 heterocycles. The van der Waals surface area contributed by atoms with Crippen LogP contribution in [0.1, 0.15) is 10.4 Å². The molecule has 2 aromatic carbocycles. The Kier molecular flexibility index (Phi) is 3.53. The molecule has 104 valence electrons. The third-order valence-corrected chi connectivity index (χ3v) is 3.69. The summed E-state index contributed by atoms with van der Waals surface area (Å²) in [6, 6.07) is 13.4. The molecule has 0 unspecified atom stereocenters. The monoisotopic (exact) mass is 316 g/mol. The minimum Gasteiger partial charge on any atom is -0.545 e. The van der Waals surface area contributed by atoms with E-state index in [4.69, 9.17) is 23.2 Å². The number of carbonyl (C=O) groups excluding carboxylic acids is 1. The standard InChI is InChI=1S/C16H9Cl2NO2/c17-9-5-6-11(13(18)7-9)15-8-12(16(20)21)10-3-1-2-4-14(10)19-15/h1-8H,(H,20,21)/p-1. The third kappa shape index (κ3) is 2.58. The fourth-order valence-electron chi connectivity index (χ4n) is 2.18. The van der Waals surface area contributed by atoms with Gasteiger partial charge in [-0.1, -0.05) is 41.4 Å². The van der Waals surface area contributed by atoms with Gasteiger partial charge < -0.3 is 9.90 Å². The maximum atomic E-state index is 11.3. The average Bonchev–Trinajstić information content (AvgIpc) is 2.46. The Bertz CT molecular complexity index is 862. The van der Waals surface area contributed by atoms with Crippen molar-refractivity contribution in [3.8, 4) is 11.3 Å². The molecule has 0 aliphatic heterocycles. The predicted molar refractivity (Wildman–Crippen MR) is 81.5 cm³/mol. The van der Waals surface area contributed by atoms with Gasteiger partial charge in [-0.2, -0.15) is 0 Å². The number of para-hydroxylation sites is 1. The van der Waals surface area contributed by atoms with Crippen LogP contribution in [0.5, 0.6) is 0 Å². The van der Waals surface area contributed by atoms with Crippen molar-refractivity contribution in [3.63, 3.8) is 0 Å². The number of rotatable bonds is 2. The number of aromatic nitrogens is 1. The van der Waals surface area contributed by atoms with Gasteiger partial charge in [0.15, 0.2) is 0 Å². The summed E-state index contributed by atoms with van der Waals surface area (Å²) in [4.78, 5) is 15.8. The molecule has 0 N–H and O–H groups in total. The van der Waals surface area contributed by atoms with E-state index in [2.05, 4.69) is 4.98 Å². The van der Waals surface area contributed by atoms with Gasteiger partial charge in [-0.3, -0.25) is 0 Å². The molecule has 0 atom stereocenters. The van der Waals surface area contributed by atoms with Gasteiger partial charge in [-0.25, -0.2) is 4.98 Å². The topological polar surface area (TPSA) is 53.0 Å². The van der Waals surface area contributed by atoms with Crippen molar-refractivity contribution in [1.82, 2.24) is 4.98 Å². The molecule has 0 radical (unpaired) electrons. The highest BCUT2D eigenvalue weighted by atomic mass is 35.5.